The number of benzene rings is 2. The second kappa shape index (κ2) is 7.95. The minimum atomic E-state index is -0.182. The molecule has 0 atom stereocenters. The molecule has 0 heterocycles. The van der Waals surface area contributed by atoms with E-state index in [9.17, 15) is 9.59 Å². The number of anilines is 1. The minimum Gasteiger partial charge on any atom is -0.332 e. The highest BCUT2D eigenvalue weighted by Crippen LogP contribution is 2.23. The largest absolute Gasteiger partial charge is 0.332 e. The normalized spacial score (nSPS) is 13.0. The van der Waals surface area contributed by atoms with Crippen LogP contribution in [0.3, 0.4) is 0 Å². The number of hydrogen-bond donors (Lipinski definition) is 1. The van der Waals surface area contributed by atoms with E-state index in [1.807, 2.05) is 45.0 Å². The van der Waals surface area contributed by atoms with Gasteiger partial charge >= 0.3 is 0 Å². The highest BCUT2D eigenvalue weighted by atomic mass is 16.2. The number of nitrogens with one attached hydrogen (secondary N) is 1. The van der Waals surface area contributed by atoms with Gasteiger partial charge in [0.15, 0.2) is 0 Å². The van der Waals surface area contributed by atoms with E-state index in [0.717, 1.165) is 29.7 Å². The van der Waals surface area contributed by atoms with E-state index >= 15 is 0 Å². The van der Waals surface area contributed by atoms with E-state index in [4.69, 9.17) is 0 Å². The first-order valence-corrected chi connectivity index (χ1v) is 9.60. The molecule has 3 rings (SSSR count). The van der Waals surface area contributed by atoms with Gasteiger partial charge in [0.25, 0.3) is 5.91 Å². The molecule has 0 fully saturated rings. The zero-order valence-corrected chi connectivity index (χ0v) is 16.7. The molecule has 0 radical (unpaired) electrons. The van der Waals surface area contributed by atoms with Crippen LogP contribution in [0.2, 0.25) is 0 Å². The molecule has 1 N–H and O–H groups in total. The standard InChI is InChI=1S/C23H28N2O2/c1-15-11-16(2)22(17(3)12-15)24-21(26)14-25(4)23(27)20-10-9-18-7-5-6-8-19(18)13-20/h9-13H,5-8,14H2,1-4H3,(H,24,26). The third-order valence-electron chi connectivity index (χ3n) is 5.26. The summed E-state index contributed by atoms with van der Waals surface area (Å²) in [7, 11) is 1.68. The van der Waals surface area contributed by atoms with E-state index in [-0.39, 0.29) is 18.4 Å². The molecular formula is C23H28N2O2. The average molecular weight is 364 g/mol. The SMILES string of the molecule is Cc1cc(C)c(NC(=O)CN(C)C(=O)c2ccc3c(c2)CCCC3)c(C)c1. The summed E-state index contributed by atoms with van der Waals surface area (Å²) < 4.78 is 0. The first kappa shape index (κ1) is 19.2. The highest BCUT2D eigenvalue weighted by molar-refractivity contribution is 5.99. The maximum absolute atomic E-state index is 12.7. The minimum absolute atomic E-state index is 0.0304. The number of carbonyl (C=O) groups excluding carboxylic acids is 2. The fraction of sp³-hybridized carbons (Fsp3) is 0.391. The molecule has 0 spiro atoms. The van der Waals surface area contributed by atoms with Crippen molar-refractivity contribution in [1.29, 1.82) is 0 Å². The van der Waals surface area contributed by atoms with Gasteiger partial charge in [0.2, 0.25) is 5.91 Å². The summed E-state index contributed by atoms with van der Waals surface area (Å²) in [6, 6.07) is 10.0. The number of fused-ring (bicyclic) bond motifs is 1. The van der Waals surface area contributed by atoms with Gasteiger partial charge in [-0.1, -0.05) is 23.8 Å². The summed E-state index contributed by atoms with van der Waals surface area (Å²) >= 11 is 0. The molecule has 2 aromatic carbocycles. The highest BCUT2D eigenvalue weighted by Gasteiger charge is 2.18. The Hall–Kier alpha value is -2.62. The number of rotatable bonds is 4. The van der Waals surface area contributed by atoms with Crippen molar-refractivity contribution in [2.75, 3.05) is 18.9 Å². The lowest BCUT2D eigenvalue weighted by Gasteiger charge is -2.20. The number of amides is 2. The Kier molecular flexibility index (Phi) is 5.64. The predicted molar refractivity (Wildman–Crippen MR) is 109 cm³/mol. The second-order valence-corrected chi connectivity index (χ2v) is 7.67. The quantitative estimate of drug-likeness (QED) is 0.884. The topological polar surface area (TPSA) is 49.4 Å². The predicted octanol–water partition coefficient (Wildman–Crippen LogP) is 4.20. The van der Waals surface area contributed by atoms with Crippen LogP contribution in [0.25, 0.3) is 0 Å². The molecule has 4 nitrogen and oxygen atoms in total. The van der Waals surface area contributed by atoms with Gasteiger partial charge in [0.1, 0.15) is 0 Å². The van der Waals surface area contributed by atoms with Gasteiger partial charge in [-0.25, -0.2) is 0 Å². The average Bonchev–Trinajstić information content (AvgIpc) is 2.63. The van der Waals surface area contributed by atoms with Crippen molar-refractivity contribution in [3.63, 3.8) is 0 Å². The van der Waals surface area contributed by atoms with Crippen molar-refractivity contribution in [2.45, 2.75) is 46.5 Å². The van der Waals surface area contributed by atoms with Crippen LogP contribution < -0.4 is 5.32 Å². The Morgan fingerprint density at radius 2 is 1.59 bits per heavy atom. The molecule has 0 aromatic heterocycles. The van der Waals surface area contributed by atoms with Gasteiger partial charge < -0.3 is 10.2 Å². The number of aryl methyl sites for hydroxylation is 5. The summed E-state index contributed by atoms with van der Waals surface area (Å²) in [6.07, 6.45) is 4.53. The molecule has 0 aliphatic heterocycles. The van der Waals surface area contributed by atoms with E-state index in [1.54, 1.807) is 7.05 Å². The fourth-order valence-corrected chi connectivity index (χ4v) is 3.93. The third kappa shape index (κ3) is 4.38. The second-order valence-electron chi connectivity index (χ2n) is 7.67. The lowest BCUT2D eigenvalue weighted by atomic mass is 9.90. The zero-order chi connectivity index (χ0) is 19.6. The van der Waals surface area contributed by atoms with Crippen molar-refractivity contribution < 1.29 is 9.59 Å². The first-order chi connectivity index (χ1) is 12.8. The van der Waals surface area contributed by atoms with Crippen molar-refractivity contribution in [2.24, 2.45) is 0 Å². The third-order valence-corrected chi connectivity index (χ3v) is 5.26. The van der Waals surface area contributed by atoms with Crippen LogP contribution in [-0.4, -0.2) is 30.3 Å². The van der Waals surface area contributed by atoms with Crippen molar-refractivity contribution in [1.82, 2.24) is 4.90 Å². The molecule has 0 unspecified atom stereocenters. The molecule has 0 bridgehead atoms. The molecule has 1 aliphatic carbocycles. The Labute approximate surface area is 161 Å². The first-order valence-electron chi connectivity index (χ1n) is 9.60. The summed E-state index contributed by atoms with van der Waals surface area (Å²) in [6.45, 7) is 6.04. The molecule has 2 amide bonds. The maximum Gasteiger partial charge on any atom is 0.254 e. The monoisotopic (exact) mass is 364 g/mol. The summed E-state index contributed by atoms with van der Waals surface area (Å²) in [5.74, 6) is -0.297. The lowest BCUT2D eigenvalue weighted by Crippen LogP contribution is -2.35. The molecule has 0 saturated carbocycles. The molecule has 2 aromatic rings. The van der Waals surface area contributed by atoms with Crippen LogP contribution in [0.4, 0.5) is 5.69 Å². The summed E-state index contributed by atoms with van der Waals surface area (Å²) in [5, 5.41) is 2.96. The van der Waals surface area contributed by atoms with E-state index < -0.39 is 0 Å². The Morgan fingerprint density at radius 3 is 2.26 bits per heavy atom. The summed E-state index contributed by atoms with van der Waals surface area (Å²) in [5.41, 5.74) is 7.35. The van der Waals surface area contributed by atoms with E-state index in [0.29, 0.717) is 5.56 Å². The van der Waals surface area contributed by atoms with Crippen molar-refractivity contribution >= 4 is 17.5 Å². The molecular weight excluding hydrogens is 336 g/mol. The number of likely N-dealkylation sites (N-methyl/N-ethyl adjacent to an activating group) is 1. The lowest BCUT2D eigenvalue weighted by molar-refractivity contribution is -0.116. The molecule has 142 valence electrons. The van der Waals surface area contributed by atoms with Gasteiger partial charge in [0.05, 0.1) is 6.54 Å². The molecule has 27 heavy (non-hydrogen) atoms. The Morgan fingerprint density at radius 1 is 0.963 bits per heavy atom. The molecule has 1 aliphatic rings. The summed E-state index contributed by atoms with van der Waals surface area (Å²) in [4.78, 5) is 26.7. The van der Waals surface area contributed by atoms with Gasteiger partial charge in [0, 0.05) is 18.3 Å². The van der Waals surface area contributed by atoms with E-state index in [1.165, 1.54) is 34.4 Å². The van der Waals surface area contributed by atoms with Crippen LogP contribution in [0.15, 0.2) is 30.3 Å². The molecule has 0 saturated heterocycles. The van der Waals surface area contributed by atoms with Crippen molar-refractivity contribution in [3.8, 4) is 0 Å². The van der Waals surface area contributed by atoms with Crippen molar-refractivity contribution in [3.05, 3.63) is 63.7 Å². The van der Waals surface area contributed by atoms with Gasteiger partial charge in [-0.3, -0.25) is 9.59 Å². The number of nitrogens with zero attached hydrogens (tertiary/aromatic N) is 1. The number of hydrogen-bond acceptors (Lipinski definition) is 2. The van der Waals surface area contributed by atoms with Crippen LogP contribution in [0.1, 0.15) is 51.0 Å². The van der Waals surface area contributed by atoms with Gasteiger partial charge in [-0.05, 0) is 80.8 Å². The van der Waals surface area contributed by atoms with Crippen LogP contribution in [0, 0.1) is 20.8 Å². The van der Waals surface area contributed by atoms with Crippen LogP contribution >= 0.6 is 0 Å². The fourth-order valence-electron chi connectivity index (χ4n) is 3.93. The van der Waals surface area contributed by atoms with Gasteiger partial charge in [-0.2, -0.15) is 0 Å². The zero-order valence-electron chi connectivity index (χ0n) is 16.7. The maximum atomic E-state index is 12.7. The van der Waals surface area contributed by atoms with Crippen LogP contribution in [0.5, 0.6) is 0 Å². The Balaban J connectivity index is 1.67. The molecule has 4 heteroatoms. The Bertz CT molecular complexity index is 863. The van der Waals surface area contributed by atoms with Crippen LogP contribution in [-0.2, 0) is 17.6 Å². The smallest absolute Gasteiger partial charge is 0.254 e. The van der Waals surface area contributed by atoms with E-state index in [2.05, 4.69) is 11.4 Å². The number of carbonyl (C=O) groups is 2. The van der Waals surface area contributed by atoms with Gasteiger partial charge in [-0.15, -0.1) is 0 Å².